The van der Waals surface area contributed by atoms with Crippen LogP contribution < -0.4 is 11.2 Å². The number of nitrogens with zero attached hydrogens (tertiary/aromatic N) is 4. The van der Waals surface area contributed by atoms with E-state index in [9.17, 15) is 39.6 Å². The summed E-state index contributed by atoms with van der Waals surface area (Å²) in [6, 6.07) is 1.66. The van der Waals surface area contributed by atoms with Crippen molar-refractivity contribution >= 4 is 27.2 Å². The van der Waals surface area contributed by atoms with Crippen molar-refractivity contribution in [3.05, 3.63) is 35.1 Å². The molecule has 0 bridgehead atoms. The third kappa shape index (κ3) is 6.46. The van der Waals surface area contributed by atoms with E-state index in [1.165, 1.54) is 7.05 Å². The summed E-state index contributed by atoms with van der Waals surface area (Å²) in [4.78, 5) is 18.1. The Morgan fingerprint density at radius 3 is 2.26 bits per heavy atom. The van der Waals surface area contributed by atoms with E-state index in [0.29, 0.717) is 0 Å². The predicted octanol–water partition coefficient (Wildman–Crippen LogP) is 2.44. The van der Waals surface area contributed by atoms with Crippen molar-refractivity contribution in [2.24, 2.45) is 15.9 Å². The van der Waals surface area contributed by atoms with Gasteiger partial charge < -0.3 is 11.2 Å². The highest BCUT2D eigenvalue weighted by atomic mass is 32.2. The average Bonchev–Trinajstić information content (AvgIpc) is 2.86. The minimum absolute atomic E-state index is 0.0405. The molecule has 38 heavy (non-hydrogen) atoms. The summed E-state index contributed by atoms with van der Waals surface area (Å²) < 4.78 is 108. The number of aliphatic imine (C=N–C) groups is 1. The summed E-state index contributed by atoms with van der Waals surface area (Å²) in [6.07, 6.45) is -5.19. The number of hydrogen-bond donors (Lipinski definition) is 2. The average molecular weight is 571 g/mol. The van der Waals surface area contributed by atoms with Gasteiger partial charge in [-0.05, 0) is 31.0 Å². The molecule has 16 heteroatoms. The lowest BCUT2D eigenvalue weighted by Crippen LogP contribution is -2.63. The maximum Gasteiger partial charge on any atom is 0.417 e. The first kappa shape index (κ1) is 29.8. The fraction of sp³-hybridized carbons (Fsp3) is 0.591. The number of piperazine rings is 1. The Balaban J connectivity index is 1.80. The molecule has 1 aliphatic carbocycles. The second-order valence-corrected chi connectivity index (χ2v) is 11.1. The zero-order valence-electron chi connectivity index (χ0n) is 20.4. The summed E-state index contributed by atoms with van der Waals surface area (Å²) in [6.45, 7) is -0.137. The van der Waals surface area contributed by atoms with Crippen LogP contribution in [0.2, 0.25) is 0 Å². The van der Waals surface area contributed by atoms with Gasteiger partial charge in [0.15, 0.2) is 0 Å². The quantitative estimate of drug-likeness (QED) is 0.179. The van der Waals surface area contributed by atoms with Crippen molar-refractivity contribution in [1.82, 2.24) is 14.5 Å². The Hall–Kier alpha value is -2.72. The monoisotopic (exact) mass is 570 g/mol. The Kier molecular flexibility index (Phi) is 8.77. The third-order valence-electron chi connectivity index (χ3n) is 6.90. The molecule has 1 aliphatic heterocycles. The minimum atomic E-state index is -4.99. The number of nitrogens with two attached hydrogens (primary N) is 1. The van der Waals surface area contributed by atoms with Gasteiger partial charge in [-0.15, -0.1) is 0 Å². The van der Waals surface area contributed by atoms with Crippen LogP contribution in [-0.4, -0.2) is 86.0 Å². The van der Waals surface area contributed by atoms with Crippen LogP contribution in [0, 0.1) is 5.82 Å². The molecule has 0 atom stereocenters. The van der Waals surface area contributed by atoms with Gasteiger partial charge in [-0.1, -0.05) is 0 Å². The van der Waals surface area contributed by atoms with Gasteiger partial charge in [-0.25, -0.2) is 21.6 Å². The van der Waals surface area contributed by atoms with Crippen molar-refractivity contribution in [2.45, 2.75) is 43.3 Å². The third-order valence-corrected chi connectivity index (χ3v) is 8.69. The molecule has 3 N–H and O–H groups in total. The highest BCUT2D eigenvalue weighted by Crippen LogP contribution is 2.42. The fourth-order valence-corrected chi connectivity index (χ4v) is 6.07. The molecule has 0 aromatic heterocycles. The van der Waals surface area contributed by atoms with Gasteiger partial charge in [-0.3, -0.25) is 14.7 Å². The normalized spacial score (nSPS) is 21.5. The van der Waals surface area contributed by atoms with Crippen LogP contribution in [0.5, 0.6) is 0 Å². The lowest BCUT2D eigenvalue weighted by Gasteiger charge is -2.50. The van der Waals surface area contributed by atoms with E-state index >= 15 is 0 Å². The topological polar surface area (TPSA) is 120 Å². The Morgan fingerprint density at radius 2 is 1.74 bits per heavy atom. The molecule has 0 radical (unpaired) electrons. The fourth-order valence-electron chi connectivity index (χ4n) is 4.79. The predicted molar refractivity (Wildman–Crippen MR) is 128 cm³/mol. The van der Waals surface area contributed by atoms with Gasteiger partial charge in [0.05, 0.1) is 17.3 Å². The number of rotatable bonds is 6. The molecule has 1 aromatic rings. The number of hydrogen-bond acceptors (Lipinski definition) is 7. The van der Waals surface area contributed by atoms with Crippen LogP contribution in [0.4, 0.5) is 26.3 Å². The smallest absolute Gasteiger partial charge is 0.350 e. The molecule has 1 aromatic carbocycles. The molecular weight excluding hydrogens is 542 g/mol. The molecule has 0 unspecified atom stereocenters. The number of amides is 1. The van der Waals surface area contributed by atoms with Crippen molar-refractivity contribution in [1.29, 1.82) is 0 Å². The van der Waals surface area contributed by atoms with Crippen molar-refractivity contribution in [2.75, 3.05) is 39.8 Å². The van der Waals surface area contributed by atoms with E-state index in [0.717, 1.165) is 22.7 Å². The lowest BCUT2D eigenvalue weighted by molar-refractivity contribution is -0.138. The van der Waals surface area contributed by atoms with Crippen LogP contribution in [0.25, 0.3) is 0 Å². The second-order valence-electron chi connectivity index (χ2n) is 9.20. The SMILES string of the molecule is CN=CC(=NN)S(=O)(=O)N1CCN(C2(CNC(=O)c3ccc(F)cc3C(F)(F)F)CCC(F)(F)CC2)CC1. The number of sulfonamides is 1. The number of nitrogens with one attached hydrogen (secondary N) is 1. The molecule has 2 aliphatic rings. The summed E-state index contributed by atoms with van der Waals surface area (Å²) in [5, 5.41) is 5.23. The molecule has 3 rings (SSSR count). The Morgan fingerprint density at radius 1 is 1.13 bits per heavy atom. The van der Waals surface area contributed by atoms with E-state index in [4.69, 9.17) is 5.84 Å². The van der Waals surface area contributed by atoms with Crippen molar-refractivity contribution in [3.8, 4) is 0 Å². The largest absolute Gasteiger partial charge is 0.417 e. The van der Waals surface area contributed by atoms with Gasteiger partial charge in [0, 0.05) is 58.2 Å². The number of carbonyl (C=O) groups is 1. The molecule has 0 spiro atoms. The van der Waals surface area contributed by atoms with Crippen LogP contribution in [0.15, 0.2) is 28.3 Å². The van der Waals surface area contributed by atoms with E-state index in [2.05, 4.69) is 15.4 Å². The van der Waals surface area contributed by atoms with Gasteiger partial charge in [0.25, 0.3) is 15.9 Å². The van der Waals surface area contributed by atoms with Crippen molar-refractivity contribution < 1.29 is 39.6 Å². The molecule has 1 heterocycles. The Labute approximate surface area is 215 Å². The standard InChI is InChI=1S/C22H28F6N6O3S/c1-30-13-18(32-29)38(36,37)34-10-8-33(9-11-34)20(4-6-21(24,25)7-5-20)14-31-19(35)16-3-2-15(23)12-17(16)22(26,27)28/h2-3,12-13H,4-11,14,29H2,1H3,(H,31,35). The number of hydrazone groups is 1. The van der Waals surface area contributed by atoms with Crippen LogP contribution >= 0.6 is 0 Å². The van der Waals surface area contributed by atoms with Crippen LogP contribution in [0.3, 0.4) is 0 Å². The lowest BCUT2D eigenvalue weighted by atomic mass is 9.78. The van der Waals surface area contributed by atoms with Gasteiger partial charge >= 0.3 is 6.18 Å². The maximum atomic E-state index is 14.0. The van der Waals surface area contributed by atoms with E-state index in [1.807, 2.05) is 0 Å². The summed E-state index contributed by atoms with van der Waals surface area (Å²) in [7, 11) is -2.71. The zero-order valence-corrected chi connectivity index (χ0v) is 21.3. The first-order chi connectivity index (χ1) is 17.6. The number of alkyl halides is 5. The molecule has 9 nitrogen and oxygen atoms in total. The van der Waals surface area contributed by atoms with Gasteiger partial charge in [-0.2, -0.15) is 22.6 Å². The summed E-state index contributed by atoms with van der Waals surface area (Å²) in [5.74, 6) is -0.0505. The van der Waals surface area contributed by atoms with Crippen LogP contribution in [-0.2, 0) is 16.2 Å². The number of halogens is 6. The van der Waals surface area contributed by atoms with E-state index in [-0.39, 0.29) is 51.6 Å². The zero-order chi connectivity index (χ0) is 28.4. The maximum absolute atomic E-state index is 14.0. The van der Waals surface area contributed by atoms with Gasteiger partial charge in [0.1, 0.15) is 5.82 Å². The van der Waals surface area contributed by atoms with E-state index < -0.39 is 68.4 Å². The number of carbonyl (C=O) groups excluding carboxylic acids is 1. The van der Waals surface area contributed by atoms with Crippen LogP contribution in [0.1, 0.15) is 41.6 Å². The van der Waals surface area contributed by atoms with Gasteiger partial charge in [0.2, 0.25) is 11.0 Å². The number of benzene rings is 1. The highest BCUT2D eigenvalue weighted by molar-refractivity contribution is 8.06. The molecule has 212 valence electrons. The van der Waals surface area contributed by atoms with E-state index in [1.54, 1.807) is 4.90 Å². The summed E-state index contributed by atoms with van der Waals surface area (Å²) in [5.41, 5.74) is -3.30. The Bertz CT molecular complexity index is 1190. The minimum Gasteiger partial charge on any atom is -0.350 e. The van der Waals surface area contributed by atoms with Crippen molar-refractivity contribution in [3.63, 3.8) is 0 Å². The highest BCUT2D eigenvalue weighted by Gasteiger charge is 2.48. The molecule has 1 amide bonds. The molecule has 1 saturated heterocycles. The summed E-state index contributed by atoms with van der Waals surface area (Å²) >= 11 is 0. The molecule has 1 saturated carbocycles. The second kappa shape index (κ2) is 11.2. The first-order valence-corrected chi connectivity index (χ1v) is 13.1. The molecule has 2 fully saturated rings. The first-order valence-electron chi connectivity index (χ1n) is 11.6. The molecular formula is C22H28F6N6O3S.